The molecular formula is C33H23ClN4O5. The van der Waals surface area contributed by atoms with Crippen molar-refractivity contribution in [2.24, 2.45) is 5.10 Å². The number of carbonyl (C=O) groups is 4. The van der Waals surface area contributed by atoms with Gasteiger partial charge >= 0.3 is 17.8 Å². The number of hydrogen-bond acceptors (Lipinski definition) is 6. The summed E-state index contributed by atoms with van der Waals surface area (Å²) in [6.45, 7) is 0. The molecule has 0 saturated carbocycles. The van der Waals surface area contributed by atoms with E-state index in [-0.39, 0.29) is 11.3 Å². The highest BCUT2D eigenvalue weighted by molar-refractivity contribution is 6.40. The summed E-state index contributed by atoms with van der Waals surface area (Å²) in [4.78, 5) is 50.3. The smallest absolute Gasteiger partial charge is 0.344 e. The van der Waals surface area contributed by atoms with Gasteiger partial charge in [0, 0.05) is 10.7 Å². The van der Waals surface area contributed by atoms with Gasteiger partial charge in [-0.2, -0.15) is 5.10 Å². The van der Waals surface area contributed by atoms with Crippen molar-refractivity contribution in [2.75, 3.05) is 10.6 Å². The molecule has 0 aliphatic heterocycles. The van der Waals surface area contributed by atoms with Crippen LogP contribution in [0, 0.1) is 0 Å². The fraction of sp³-hybridized carbons (Fsp3) is 0. The van der Waals surface area contributed by atoms with Crippen LogP contribution < -0.4 is 20.8 Å². The molecule has 5 aromatic rings. The van der Waals surface area contributed by atoms with Crippen molar-refractivity contribution < 1.29 is 23.9 Å². The van der Waals surface area contributed by atoms with Crippen molar-refractivity contribution in [1.82, 2.24) is 5.43 Å². The second-order valence-electron chi connectivity index (χ2n) is 9.15. The molecule has 0 aliphatic carbocycles. The van der Waals surface area contributed by atoms with Gasteiger partial charge in [-0.3, -0.25) is 14.4 Å². The molecule has 3 amide bonds. The first kappa shape index (κ1) is 28.7. The van der Waals surface area contributed by atoms with Crippen LogP contribution in [0.4, 0.5) is 11.4 Å². The van der Waals surface area contributed by atoms with Gasteiger partial charge in [0.15, 0.2) is 0 Å². The number of fused-ring (bicyclic) bond motifs is 1. The molecule has 43 heavy (non-hydrogen) atoms. The third kappa shape index (κ3) is 7.29. The van der Waals surface area contributed by atoms with Gasteiger partial charge in [-0.25, -0.2) is 10.2 Å². The Labute approximate surface area is 251 Å². The zero-order valence-electron chi connectivity index (χ0n) is 22.4. The second kappa shape index (κ2) is 13.2. The van der Waals surface area contributed by atoms with Crippen LogP contribution in [0.2, 0.25) is 5.02 Å². The van der Waals surface area contributed by atoms with Crippen LogP contribution in [0.1, 0.15) is 26.3 Å². The number of hydrazone groups is 1. The Balaban J connectivity index is 1.15. The molecule has 5 aromatic carbocycles. The molecule has 10 heteroatoms. The van der Waals surface area contributed by atoms with Gasteiger partial charge in [0.05, 0.1) is 23.0 Å². The van der Waals surface area contributed by atoms with Gasteiger partial charge in [-0.15, -0.1) is 0 Å². The molecule has 0 atom stereocenters. The minimum Gasteiger partial charge on any atom is -0.423 e. The number of nitrogens with one attached hydrogen (secondary N) is 3. The molecule has 0 aliphatic rings. The summed E-state index contributed by atoms with van der Waals surface area (Å²) in [6.07, 6.45) is 1.33. The minimum atomic E-state index is -1.04. The van der Waals surface area contributed by atoms with E-state index in [0.29, 0.717) is 27.6 Å². The van der Waals surface area contributed by atoms with Crippen molar-refractivity contribution in [3.05, 3.63) is 137 Å². The Hall–Kier alpha value is -5.80. The van der Waals surface area contributed by atoms with Crippen LogP contribution in [-0.4, -0.2) is 29.9 Å². The number of carbonyl (C=O) groups excluding carboxylic acids is 4. The maximum Gasteiger partial charge on any atom is 0.344 e. The number of ether oxygens (including phenoxy) is 1. The van der Waals surface area contributed by atoms with Crippen molar-refractivity contribution in [2.45, 2.75) is 0 Å². The Morgan fingerprint density at radius 3 is 2.14 bits per heavy atom. The average Bonchev–Trinajstić information content (AvgIpc) is 3.02. The van der Waals surface area contributed by atoms with E-state index >= 15 is 0 Å². The molecule has 0 radical (unpaired) electrons. The Morgan fingerprint density at radius 2 is 1.35 bits per heavy atom. The summed E-state index contributed by atoms with van der Waals surface area (Å²) >= 11 is 5.88. The van der Waals surface area contributed by atoms with E-state index in [2.05, 4.69) is 21.2 Å². The number of halogens is 1. The number of para-hydroxylation sites is 1. The summed E-state index contributed by atoms with van der Waals surface area (Å²) in [5, 5.41) is 11.2. The van der Waals surface area contributed by atoms with Crippen LogP contribution in [0.15, 0.2) is 120 Å². The van der Waals surface area contributed by atoms with Crippen molar-refractivity contribution in [3.63, 3.8) is 0 Å². The topological polar surface area (TPSA) is 126 Å². The number of amides is 3. The third-order valence-corrected chi connectivity index (χ3v) is 6.46. The fourth-order valence-electron chi connectivity index (χ4n) is 4.10. The molecule has 0 spiro atoms. The summed E-state index contributed by atoms with van der Waals surface area (Å²) in [6, 6.07) is 32.2. The quantitative estimate of drug-likeness (QED) is 0.0699. The highest BCUT2D eigenvalue weighted by Gasteiger charge is 2.18. The van der Waals surface area contributed by atoms with E-state index < -0.39 is 23.7 Å². The molecule has 5 rings (SSSR count). The largest absolute Gasteiger partial charge is 0.423 e. The fourth-order valence-corrected chi connectivity index (χ4v) is 4.23. The van der Waals surface area contributed by atoms with E-state index in [9.17, 15) is 19.2 Å². The predicted octanol–water partition coefficient (Wildman–Crippen LogP) is 6.05. The van der Waals surface area contributed by atoms with Crippen LogP contribution >= 0.6 is 11.6 Å². The molecule has 0 aromatic heterocycles. The zero-order valence-corrected chi connectivity index (χ0v) is 23.2. The van der Waals surface area contributed by atoms with Gasteiger partial charge in [-0.1, -0.05) is 60.1 Å². The van der Waals surface area contributed by atoms with Crippen LogP contribution in [0.25, 0.3) is 10.8 Å². The molecule has 212 valence electrons. The summed E-state index contributed by atoms with van der Waals surface area (Å²) in [7, 11) is 0. The van der Waals surface area contributed by atoms with Crippen molar-refractivity contribution in [3.8, 4) is 5.75 Å². The molecule has 0 fully saturated rings. The van der Waals surface area contributed by atoms with Gasteiger partial charge in [-0.05, 0) is 83.1 Å². The monoisotopic (exact) mass is 590 g/mol. The number of nitrogens with zero attached hydrogens (tertiary/aromatic N) is 1. The zero-order chi connectivity index (χ0) is 30.2. The summed E-state index contributed by atoms with van der Waals surface area (Å²) in [5.74, 6) is -2.69. The lowest BCUT2D eigenvalue weighted by molar-refractivity contribution is -0.136. The highest BCUT2D eigenvalue weighted by atomic mass is 35.5. The number of benzene rings is 5. The summed E-state index contributed by atoms with van der Waals surface area (Å²) < 4.78 is 5.52. The van der Waals surface area contributed by atoms with Gasteiger partial charge in [0.25, 0.3) is 5.91 Å². The minimum absolute atomic E-state index is 0.145. The Kier molecular flexibility index (Phi) is 8.84. The molecule has 0 unspecified atom stereocenters. The molecule has 0 heterocycles. The first-order chi connectivity index (χ1) is 20.9. The summed E-state index contributed by atoms with van der Waals surface area (Å²) in [5.41, 5.74) is 4.00. The molecule has 9 nitrogen and oxygen atoms in total. The number of esters is 1. The lowest BCUT2D eigenvalue weighted by Crippen LogP contribution is -2.33. The highest BCUT2D eigenvalue weighted by Crippen LogP contribution is 2.22. The van der Waals surface area contributed by atoms with Crippen molar-refractivity contribution >= 4 is 63.7 Å². The number of anilines is 2. The molecule has 3 N–H and O–H groups in total. The SMILES string of the molecule is O=C(N/N=C/c1ccc(OC(=O)c2cccc3ccccc23)cc1)C(=O)Nc1ccccc1C(=O)Nc1ccc(Cl)cc1. The molecule has 0 saturated heterocycles. The molecule has 0 bridgehead atoms. The Bertz CT molecular complexity index is 1850. The van der Waals surface area contributed by atoms with E-state index in [4.69, 9.17) is 16.3 Å². The standard InChI is InChI=1S/C33H23ClN4O5/c34-23-14-16-24(17-15-23)36-30(39)28-9-3-4-11-29(28)37-31(40)32(41)38-35-20-21-12-18-25(19-13-21)43-33(42)27-10-5-7-22-6-1-2-8-26(22)27/h1-20H,(H,36,39)(H,37,40)(H,38,41)/b35-20+. The van der Waals surface area contributed by atoms with E-state index in [0.717, 1.165) is 10.8 Å². The Morgan fingerprint density at radius 1 is 0.674 bits per heavy atom. The predicted molar refractivity (Wildman–Crippen MR) is 166 cm³/mol. The van der Waals surface area contributed by atoms with E-state index in [1.54, 1.807) is 72.8 Å². The number of rotatable bonds is 7. The van der Waals surface area contributed by atoms with Gasteiger partial charge < -0.3 is 15.4 Å². The maximum absolute atomic E-state index is 12.8. The lowest BCUT2D eigenvalue weighted by Gasteiger charge is -2.11. The van der Waals surface area contributed by atoms with E-state index in [1.807, 2.05) is 30.3 Å². The van der Waals surface area contributed by atoms with Crippen LogP contribution in [0.5, 0.6) is 5.75 Å². The third-order valence-electron chi connectivity index (χ3n) is 6.21. The first-order valence-corrected chi connectivity index (χ1v) is 13.4. The molecular weight excluding hydrogens is 568 g/mol. The van der Waals surface area contributed by atoms with E-state index in [1.165, 1.54) is 18.3 Å². The lowest BCUT2D eigenvalue weighted by atomic mass is 10.0. The van der Waals surface area contributed by atoms with Gasteiger partial charge in [0.2, 0.25) is 0 Å². The average molecular weight is 591 g/mol. The van der Waals surface area contributed by atoms with Crippen molar-refractivity contribution in [1.29, 1.82) is 0 Å². The van der Waals surface area contributed by atoms with Gasteiger partial charge in [0.1, 0.15) is 5.75 Å². The normalized spacial score (nSPS) is 10.7. The number of hydrogen-bond donors (Lipinski definition) is 3. The van der Waals surface area contributed by atoms with Crippen LogP contribution in [-0.2, 0) is 9.59 Å². The second-order valence-corrected chi connectivity index (χ2v) is 9.58. The first-order valence-electron chi connectivity index (χ1n) is 13.0. The maximum atomic E-state index is 12.8. The van der Waals surface area contributed by atoms with Crippen LogP contribution in [0.3, 0.4) is 0 Å².